The monoisotopic (exact) mass is 725 g/mol. The van der Waals surface area contributed by atoms with E-state index in [0.29, 0.717) is 11.3 Å². The summed E-state index contributed by atoms with van der Waals surface area (Å²) >= 11 is 1.76. The molecule has 0 aliphatic carbocycles. The van der Waals surface area contributed by atoms with Gasteiger partial charge in [-0.1, -0.05) is 59.5 Å². The molecule has 0 saturated carbocycles. The van der Waals surface area contributed by atoms with Crippen molar-refractivity contribution in [2.24, 2.45) is 0 Å². The van der Waals surface area contributed by atoms with Crippen LogP contribution in [-0.4, -0.2) is 29.7 Å². The molecule has 8 rings (SSSR count). The van der Waals surface area contributed by atoms with E-state index in [1.54, 1.807) is 17.5 Å². The Hall–Kier alpha value is -4.62. The van der Waals surface area contributed by atoms with Crippen LogP contribution in [0.3, 0.4) is 0 Å². The van der Waals surface area contributed by atoms with Gasteiger partial charge in [0.15, 0.2) is 11.3 Å². The topological polar surface area (TPSA) is 69.4 Å². The molecule has 0 saturated heterocycles. The van der Waals surface area contributed by atoms with Gasteiger partial charge in [-0.25, -0.2) is 4.98 Å². The van der Waals surface area contributed by atoms with E-state index >= 15 is 0 Å². The van der Waals surface area contributed by atoms with Crippen LogP contribution in [0.25, 0.3) is 59.8 Å². The smallest absolute Gasteiger partial charge is 0.197 e. The fourth-order valence-electron chi connectivity index (χ4n) is 4.66. The quantitative estimate of drug-likeness (QED) is 0.176. The minimum absolute atomic E-state index is 0. The summed E-state index contributed by atoms with van der Waals surface area (Å²) in [5.41, 5.74) is 5.13. The summed E-state index contributed by atoms with van der Waals surface area (Å²) in [6.45, 7) is 0. The number of rotatable bonds is 3. The van der Waals surface area contributed by atoms with Crippen LogP contribution in [-0.2, 0) is 20.1 Å². The Morgan fingerprint density at radius 2 is 1.54 bits per heavy atom. The van der Waals surface area contributed by atoms with Gasteiger partial charge >= 0.3 is 0 Å². The van der Waals surface area contributed by atoms with Crippen LogP contribution in [0.2, 0.25) is 0 Å². The van der Waals surface area contributed by atoms with E-state index < -0.39 is 0 Å². The molecule has 1 radical (unpaired) electrons. The van der Waals surface area contributed by atoms with Crippen LogP contribution in [0.4, 0.5) is 0 Å². The Kier molecular flexibility index (Phi) is 7.69. The summed E-state index contributed by atoms with van der Waals surface area (Å²) in [5.74, 6) is 0.770. The molecular formula is C33H20IrN6S-2. The molecule has 4 aromatic carbocycles. The third kappa shape index (κ3) is 5.16. The van der Waals surface area contributed by atoms with Gasteiger partial charge in [-0.3, -0.25) is 4.98 Å². The van der Waals surface area contributed by atoms with Crippen LogP contribution >= 0.6 is 11.3 Å². The predicted molar refractivity (Wildman–Crippen MR) is 160 cm³/mol. The fourth-order valence-corrected chi connectivity index (χ4v) is 5.85. The largest absolute Gasteiger partial charge is 0.315 e. The zero-order chi connectivity index (χ0) is 26.7. The summed E-state index contributed by atoms with van der Waals surface area (Å²) in [5, 5.41) is 10.7. The first-order valence-corrected chi connectivity index (χ1v) is 13.5. The molecule has 0 unspecified atom stereocenters. The number of nitrogens with zero attached hydrogens (tertiary/aromatic N) is 6. The average Bonchev–Trinajstić information content (AvgIpc) is 3.62. The van der Waals surface area contributed by atoms with E-state index in [9.17, 15) is 0 Å². The molecule has 4 aromatic heterocycles. The van der Waals surface area contributed by atoms with Crippen molar-refractivity contribution in [3.05, 3.63) is 134 Å². The molecule has 0 N–H and O–H groups in total. The van der Waals surface area contributed by atoms with E-state index in [2.05, 4.69) is 62.6 Å². The van der Waals surface area contributed by atoms with Crippen molar-refractivity contribution in [3.8, 4) is 28.3 Å². The maximum atomic E-state index is 4.80. The molecule has 0 spiro atoms. The van der Waals surface area contributed by atoms with E-state index in [1.807, 2.05) is 83.4 Å². The van der Waals surface area contributed by atoms with Crippen molar-refractivity contribution in [3.63, 3.8) is 0 Å². The average molecular weight is 725 g/mol. The molecule has 0 atom stereocenters. The summed E-state index contributed by atoms with van der Waals surface area (Å²) < 4.78 is 4.41. The van der Waals surface area contributed by atoms with Crippen molar-refractivity contribution in [1.82, 2.24) is 29.7 Å². The fraction of sp³-hybridized carbons (Fsp3) is 0. The Balaban J connectivity index is 0.000000196. The second-order valence-electron chi connectivity index (χ2n) is 8.90. The Morgan fingerprint density at radius 1 is 0.707 bits per heavy atom. The number of hydrogen-bond acceptors (Lipinski definition) is 6. The van der Waals surface area contributed by atoms with Crippen LogP contribution in [0.15, 0.2) is 122 Å². The van der Waals surface area contributed by atoms with Crippen molar-refractivity contribution in [2.75, 3.05) is 0 Å². The molecule has 0 bridgehead atoms. The van der Waals surface area contributed by atoms with Gasteiger partial charge < -0.3 is 9.55 Å². The van der Waals surface area contributed by atoms with Gasteiger partial charge in [0.25, 0.3) is 0 Å². The SMILES string of the molecule is [Ir].[c-]1ccc2c(sc3ccccc32)c1-c1nc2ncnnc2n1-c1ccccc1.[c-]1ccccc1-c1ccccn1. The van der Waals surface area contributed by atoms with Gasteiger partial charge in [0.1, 0.15) is 6.33 Å². The van der Waals surface area contributed by atoms with E-state index in [0.717, 1.165) is 33.0 Å². The van der Waals surface area contributed by atoms with Gasteiger partial charge in [-0.05, 0) is 40.0 Å². The number of imidazole rings is 1. The maximum Gasteiger partial charge on any atom is 0.197 e. The van der Waals surface area contributed by atoms with Gasteiger partial charge in [-0.15, -0.1) is 64.3 Å². The van der Waals surface area contributed by atoms with Crippen molar-refractivity contribution >= 4 is 42.8 Å². The Morgan fingerprint density at radius 3 is 2.37 bits per heavy atom. The Bertz CT molecular complexity index is 2020. The summed E-state index contributed by atoms with van der Waals surface area (Å²) in [6.07, 6.45) is 3.22. The summed E-state index contributed by atoms with van der Waals surface area (Å²) in [6, 6.07) is 42.8. The number of pyridine rings is 1. The van der Waals surface area contributed by atoms with E-state index in [4.69, 9.17) is 4.98 Å². The van der Waals surface area contributed by atoms with Crippen LogP contribution in [0.5, 0.6) is 0 Å². The number of hydrogen-bond donors (Lipinski definition) is 0. The zero-order valence-electron chi connectivity index (χ0n) is 21.5. The molecule has 0 aliphatic heterocycles. The molecule has 8 heteroatoms. The molecule has 199 valence electrons. The number of aromatic nitrogens is 6. The third-order valence-corrected chi connectivity index (χ3v) is 7.65. The molecule has 41 heavy (non-hydrogen) atoms. The molecule has 4 heterocycles. The van der Waals surface area contributed by atoms with E-state index in [-0.39, 0.29) is 20.1 Å². The van der Waals surface area contributed by atoms with Crippen LogP contribution < -0.4 is 0 Å². The first-order chi connectivity index (χ1) is 19.9. The minimum Gasteiger partial charge on any atom is -0.315 e. The molecule has 8 aromatic rings. The summed E-state index contributed by atoms with van der Waals surface area (Å²) in [7, 11) is 0. The minimum atomic E-state index is 0. The number of benzene rings is 4. The number of fused-ring (bicyclic) bond motifs is 4. The van der Waals surface area contributed by atoms with Crippen molar-refractivity contribution in [1.29, 1.82) is 0 Å². The predicted octanol–water partition coefficient (Wildman–Crippen LogP) is 7.59. The first-order valence-electron chi connectivity index (χ1n) is 12.7. The molecule has 0 aliphatic rings. The van der Waals surface area contributed by atoms with Crippen LogP contribution in [0, 0.1) is 12.1 Å². The standard InChI is InChI=1S/C22H12N5S.C11H8N.Ir/c1-2-7-14(8-3-1)27-21(25-20-22(27)26-24-13-23-20)17-11-6-10-16-15-9-4-5-12-18(15)28-19(16)17;1-2-6-10(7-3-1)11-8-4-5-9-12-11;/h1-10,12-13H;1-6,8-9H;/q2*-1;. The van der Waals surface area contributed by atoms with Gasteiger partial charge in [0, 0.05) is 36.7 Å². The third-order valence-electron chi connectivity index (χ3n) is 6.45. The van der Waals surface area contributed by atoms with Crippen molar-refractivity contribution < 1.29 is 20.1 Å². The summed E-state index contributed by atoms with van der Waals surface area (Å²) in [4.78, 5) is 13.3. The second-order valence-corrected chi connectivity index (χ2v) is 9.95. The molecule has 0 amide bonds. The first kappa shape index (κ1) is 26.6. The van der Waals surface area contributed by atoms with Crippen LogP contribution in [0.1, 0.15) is 0 Å². The van der Waals surface area contributed by atoms with Gasteiger partial charge in [0.2, 0.25) is 0 Å². The van der Waals surface area contributed by atoms with Gasteiger partial charge in [-0.2, -0.15) is 11.3 Å². The normalized spacial score (nSPS) is 10.7. The van der Waals surface area contributed by atoms with Gasteiger partial charge in [0.05, 0.1) is 5.82 Å². The van der Waals surface area contributed by atoms with Crippen molar-refractivity contribution in [2.45, 2.75) is 0 Å². The molecular weight excluding hydrogens is 705 g/mol. The maximum absolute atomic E-state index is 4.80. The second kappa shape index (κ2) is 11.9. The zero-order valence-corrected chi connectivity index (χ0v) is 24.7. The Labute approximate surface area is 253 Å². The number of para-hydroxylation sites is 1. The number of thiophene rings is 1. The molecule has 0 fully saturated rings. The molecule has 6 nitrogen and oxygen atoms in total. The van der Waals surface area contributed by atoms with E-state index in [1.165, 1.54) is 21.8 Å².